The highest BCUT2D eigenvalue weighted by atomic mass is 35.5. The Morgan fingerprint density at radius 3 is 2.73 bits per heavy atom. The standard InChI is InChI=1S/C29H27ClN6O4/c1-3-27(37)36-15-21(39-2)14-25(36)29(38)35-18-7-9-24-22(12-18)28(33-17-32-24)34-19-8-10-26(23(30)13-19)40-16-20-6-4-5-11-31-20/h3-13,17,21,25H,1,14-16H2,2H3,(H,35,38)(H,32,33,34)/t21-,25+/m1/s1. The first-order valence-electron chi connectivity index (χ1n) is 12.6. The van der Waals surface area contributed by atoms with Gasteiger partial charge in [-0.15, -0.1) is 0 Å². The average molecular weight is 559 g/mol. The molecule has 204 valence electrons. The predicted octanol–water partition coefficient (Wildman–Crippen LogP) is 4.74. The van der Waals surface area contributed by atoms with Crippen LogP contribution in [-0.2, 0) is 20.9 Å². The van der Waals surface area contributed by atoms with Crippen LogP contribution in [0.5, 0.6) is 5.75 Å². The van der Waals surface area contributed by atoms with Crippen molar-refractivity contribution >= 4 is 51.5 Å². The monoisotopic (exact) mass is 558 g/mol. The first-order valence-corrected chi connectivity index (χ1v) is 12.9. The number of methoxy groups -OCH3 is 1. The molecule has 0 unspecified atom stereocenters. The van der Waals surface area contributed by atoms with E-state index in [9.17, 15) is 9.59 Å². The lowest BCUT2D eigenvalue weighted by atomic mass is 10.1. The van der Waals surface area contributed by atoms with Crippen LogP contribution in [0.2, 0.25) is 5.02 Å². The summed E-state index contributed by atoms with van der Waals surface area (Å²) >= 11 is 6.48. The van der Waals surface area contributed by atoms with E-state index < -0.39 is 6.04 Å². The number of anilines is 3. The Labute approximate surface area is 236 Å². The largest absolute Gasteiger partial charge is 0.486 e. The molecule has 0 radical (unpaired) electrons. The fourth-order valence-corrected chi connectivity index (χ4v) is 4.74. The molecule has 5 rings (SSSR count). The Balaban J connectivity index is 1.32. The van der Waals surface area contributed by atoms with E-state index in [1.807, 2.05) is 24.3 Å². The van der Waals surface area contributed by atoms with Crippen LogP contribution >= 0.6 is 11.6 Å². The maximum absolute atomic E-state index is 13.2. The molecule has 2 N–H and O–H groups in total. The number of hydrogen-bond donors (Lipinski definition) is 2. The van der Waals surface area contributed by atoms with Gasteiger partial charge in [-0.1, -0.05) is 24.2 Å². The number of benzene rings is 2. The van der Waals surface area contributed by atoms with Gasteiger partial charge in [-0.25, -0.2) is 9.97 Å². The van der Waals surface area contributed by atoms with E-state index in [1.165, 1.54) is 17.3 Å². The third kappa shape index (κ3) is 6.03. The summed E-state index contributed by atoms with van der Waals surface area (Å²) in [6.45, 7) is 4.17. The number of carbonyl (C=O) groups is 2. The summed E-state index contributed by atoms with van der Waals surface area (Å²) in [4.78, 5) is 39.9. The number of ether oxygens (including phenoxy) is 2. The molecule has 4 aromatic rings. The van der Waals surface area contributed by atoms with Crippen LogP contribution in [0.15, 0.2) is 79.8 Å². The molecule has 0 bridgehead atoms. The molecule has 0 spiro atoms. The lowest BCUT2D eigenvalue weighted by molar-refractivity contribution is -0.132. The minimum absolute atomic E-state index is 0.223. The maximum Gasteiger partial charge on any atom is 0.247 e. The fraction of sp³-hybridized carbons (Fsp3) is 0.207. The molecule has 1 saturated heterocycles. The molecule has 10 nitrogen and oxygen atoms in total. The molecule has 40 heavy (non-hydrogen) atoms. The smallest absolute Gasteiger partial charge is 0.247 e. The number of aromatic nitrogens is 3. The van der Waals surface area contributed by atoms with Crippen LogP contribution in [0.1, 0.15) is 12.1 Å². The Kier molecular flexibility index (Phi) is 8.18. The fourth-order valence-electron chi connectivity index (χ4n) is 4.50. The summed E-state index contributed by atoms with van der Waals surface area (Å²) in [5, 5.41) is 7.30. The van der Waals surface area contributed by atoms with Crippen molar-refractivity contribution in [2.45, 2.75) is 25.2 Å². The molecular weight excluding hydrogens is 532 g/mol. The lowest BCUT2D eigenvalue weighted by Gasteiger charge is -2.22. The number of pyridine rings is 1. The quantitative estimate of drug-likeness (QED) is 0.283. The van der Waals surface area contributed by atoms with Gasteiger partial charge in [0.25, 0.3) is 0 Å². The Hall–Kier alpha value is -4.54. The van der Waals surface area contributed by atoms with Crippen molar-refractivity contribution in [2.24, 2.45) is 0 Å². The molecule has 1 fully saturated rings. The van der Waals surface area contributed by atoms with Crippen molar-refractivity contribution in [1.29, 1.82) is 0 Å². The van der Waals surface area contributed by atoms with E-state index in [4.69, 9.17) is 21.1 Å². The Morgan fingerprint density at radius 2 is 1.98 bits per heavy atom. The topological polar surface area (TPSA) is 119 Å². The summed E-state index contributed by atoms with van der Waals surface area (Å²) < 4.78 is 11.2. The normalized spacial score (nSPS) is 16.5. The van der Waals surface area contributed by atoms with Crippen LogP contribution in [-0.4, -0.2) is 57.5 Å². The molecule has 2 aromatic heterocycles. The number of nitrogens with one attached hydrogen (secondary N) is 2. The molecule has 11 heteroatoms. The molecule has 1 aliphatic rings. The van der Waals surface area contributed by atoms with Gasteiger partial charge in [-0.3, -0.25) is 14.6 Å². The number of halogens is 1. The van der Waals surface area contributed by atoms with Gasteiger partial charge < -0.3 is 25.0 Å². The van der Waals surface area contributed by atoms with E-state index in [0.29, 0.717) is 58.4 Å². The number of amides is 2. The van der Waals surface area contributed by atoms with Gasteiger partial charge in [-0.2, -0.15) is 0 Å². The van der Waals surface area contributed by atoms with Crippen LogP contribution in [0, 0.1) is 0 Å². The van der Waals surface area contributed by atoms with Gasteiger partial charge in [-0.05, 0) is 54.6 Å². The SMILES string of the molecule is C=CC(=O)N1C[C@H](OC)C[C@H]1C(=O)Nc1ccc2ncnc(Nc3ccc(OCc4ccccn4)c(Cl)c3)c2c1. The second kappa shape index (κ2) is 12.1. The highest BCUT2D eigenvalue weighted by Gasteiger charge is 2.39. The Morgan fingerprint density at radius 1 is 1.12 bits per heavy atom. The summed E-state index contributed by atoms with van der Waals surface area (Å²) in [6.07, 6.45) is 4.54. The lowest BCUT2D eigenvalue weighted by Crippen LogP contribution is -2.42. The van der Waals surface area contributed by atoms with Gasteiger partial charge in [0.2, 0.25) is 11.8 Å². The summed E-state index contributed by atoms with van der Waals surface area (Å²) in [5.74, 6) is 0.434. The summed E-state index contributed by atoms with van der Waals surface area (Å²) in [7, 11) is 1.56. The van der Waals surface area contributed by atoms with Crippen LogP contribution in [0.4, 0.5) is 17.2 Å². The number of nitrogens with zero attached hydrogens (tertiary/aromatic N) is 4. The van der Waals surface area contributed by atoms with Crippen LogP contribution < -0.4 is 15.4 Å². The van der Waals surface area contributed by atoms with Crippen LogP contribution in [0.25, 0.3) is 10.9 Å². The van der Waals surface area contributed by atoms with Gasteiger partial charge in [0.15, 0.2) is 0 Å². The molecule has 0 aliphatic carbocycles. The highest BCUT2D eigenvalue weighted by molar-refractivity contribution is 6.32. The van der Waals surface area contributed by atoms with Crippen molar-refractivity contribution in [1.82, 2.24) is 19.9 Å². The van der Waals surface area contributed by atoms with Gasteiger partial charge >= 0.3 is 0 Å². The van der Waals surface area contributed by atoms with Crippen molar-refractivity contribution in [3.8, 4) is 5.75 Å². The number of rotatable bonds is 9. The zero-order valence-corrected chi connectivity index (χ0v) is 22.5. The van der Waals surface area contributed by atoms with E-state index in [-0.39, 0.29) is 17.9 Å². The highest BCUT2D eigenvalue weighted by Crippen LogP contribution is 2.32. The number of fused-ring (bicyclic) bond motifs is 1. The van der Waals surface area contributed by atoms with Crippen molar-refractivity contribution in [2.75, 3.05) is 24.3 Å². The Bertz CT molecular complexity index is 1550. The first kappa shape index (κ1) is 27.0. The van der Waals surface area contributed by atoms with Crippen molar-refractivity contribution < 1.29 is 19.1 Å². The third-order valence-electron chi connectivity index (χ3n) is 6.56. The van der Waals surface area contributed by atoms with E-state index >= 15 is 0 Å². The molecule has 2 aromatic carbocycles. The molecule has 1 aliphatic heterocycles. The van der Waals surface area contributed by atoms with Gasteiger partial charge in [0.05, 0.1) is 22.3 Å². The molecule has 2 atom stereocenters. The minimum Gasteiger partial charge on any atom is -0.486 e. The number of hydrogen-bond acceptors (Lipinski definition) is 8. The van der Waals surface area contributed by atoms with Crippen molar-refractivity contribution in [3.05, 3.63) is 90.5 Å². The summed E-state index contributed by atoms with van der Waals surface area (Å²) in [6, 6.07) is 15.6. The third-order valence-corrected chi connectivity index (χ3v) is 6.85. The second-order valence-electron chi connectivity index (χ2n) is 9.13. The average Bonchev–Trinajstić information content (AvgIpc) is 3.42. The van der Waals surface area contributed by atoms with E-state index in [1.54, 1.807) is 43.6 Å². The maximum atomic E-state index is 13.2. The van der Waals surface area contributed by atoms with E-state index in [0.717, 1.165) is 5.69 Å². The van der Waals surface area contributed by atoms with Crippen LogP contribution in [0.3, 0.4) is 0 Å². The molecule has 2 amide bonds. The number of likely N-dealkylation sites (tertiary alicyclic amines) is 1. The predicted molar refractivity (Wildman–Crippen MR) is 153 cm³/mol. The second-order valence-corrected chi connectivity index (χ2v) is 9.53. The first-order chi connectivity index (χ1) is 19.4. The van der Waals surface area contributed by atoms with Gasteiger partial charge in [0, 0.05) is 43.0 Å². The molecule has 0 saturated carbocycles. The van der Waals surface area contributed by atoms with Crippen molar-refractivity contribution in [3.63, 3.8) is 0 Å². The van der Waals surface area contributed by atoms with E-state index in [2.05, 4.69) is 32.2 Å². The number of carbonyl (C=O) groups excluding carboxylic acids is 2. The molecule has 3 heterocycles. The summed E-state index contributed by atoms with van der Waals surface area (Å²) in [5.41, 5.74) is 2.71. The zero-order chi connectivity index (χ0) is 28.1. The minimum atomic E-state index is -0.670. The van der Waals surface area contributed by atoms with Gasteiger partial charge in [0.1, 0.15) is 30.5 Å². The molecular formula is C29H27ClN6O4. The zero-order valence-electron chi connectivity index (χ0n) is 21.7.